The summed E-state index contributed by atoms with van der Waals surface area (Å²) in [5.41, 5.74) is 0. The van der Waals surface area contributed by atoms with Crippen LogP contribution in [0.15, 0.2) is 27.1 Å². The van der Waals surface area contributed by atoms with Crippen molar-refractivity contribution < 1.29 is 9.47 Å². The van der Waals surface area contributed by atoms with Crippen molar-refractivity contribution in [3.63, 3.8) is 0 Å². The van der Waals surface area contributed by atoms with Crippen molar-refractivity contribution in [2.75, 3.05) is 32.9 Å². The Morgan fingerprint density at radius 2 is 2.11 bits per heavy atom. The number of benzene rings is 1. The third kappa shape index (κ3) is 4.23. The fourth-order valence-corrected chi connectivity index (χ4v) is 3.12. The van der Waals surface area contributed by atoms with Gasteiger partial charge >= 0.3 is 0 Å². The van der Waals surface area contributed by atoms with E-state index in [2.05, 4.69) is 37.2 Å². The maximum atomic E-state index is 5.74. The van der Waals surface area contributed by atoms with E-state index in [1.165, 1.54) is 6.42 Å². The van der Waals surface area contributed by atoms with Crippen LogP contribution in [0.2, 0.25) is 0 Å². The normalized spacial score (nSPS) is 19.1. The highest BCUT2D eigenvalue weighted by molar-refractivity contribution is 9.11. The van der Waals surface area contributed by atoms with E-state index < -0.39 is 0 Å². The van der Waals surface area contributed by atoms with Crippen molar-refractivity contribution in [3.05, 3.63) is 27.1 Å². The Balaban J connectivity index is 1.65. The van der Waals surface area contributed by atoms with Crippen LogP contribution in [0, 0.1) is 5.92 Å². The first kappa shape index (κ1) is 14.3. The van der Waals surface area contributed by atoms with Gasteiger partial charge in [-0.15, -0.1) is 0 Å². The Hall–Kier alpha value is -0.100. The topological polar surface area (TPSA) is 30.5 Å². The molecule has 1 N–H and O–H groups in total. The van der Waals surface area contributed by atoms with E-state index in [0.29, 0.717) is 12.5 Å². The fraction of sp³-hybridized carbons (Fsp3) is 0.538. The molecule has 1 saturated heterocycles. The molecule has 1 unspecified atom stereocenters. The molecule has 0 radical (unpaired) electrons. The van der Waals surface area contributed by atoms with Crippen LogP contribution in [0.25, 0.3) is 0 Å². The molecule has 1 aromatic carbocycles. The molecule has 0 saturated carbocycles. The highest BCUT2D eigenvalue weighted by Gasteiger charge is 2.14. The van der Waals surface area contributed by atoms with E-state index >= 15 is 0 Å². The molecular formula is C13H17Br2NO2. The van der Waals surface area contributed by atoms with E-state index in [0.717, 1.165) is 41.0 Å². The van der Waals surface area contributed by atoms with E-state index in [1.54, 1.807) is 0 Å². The fourth-order valence-electron chi connectivity index (χ4n) is 1.90. The van der Waals surface area contributed by atoms with Crippen LogP contribution in [0.5, 0.6) is 5.75 Å². The first-order valence-electron chi connectivity index (χ1n) is 6.12. The van der Waals surface area contributed by atoms with Crippen molar-refractivity contribution in [2.24, 2.45) is 5.92 Å². The molecule has 3 nitrogen and oxygen atoms in total. The van der Waals surface area contributed by atoms with Gasteiger partial charge in [0.25, 0.3) is 0 Å². The van der Waals surface area contributed by atoms with Gasteiger partial charge in [0, 0.05) is 19.7 Å². The maximum absolute atomic E-state index is 5.74. The van der Waals surface area contributed by atoms with E-state index in [4.69, 9.17) is 9.47 Å². The van der Waals surface area contributed by atoms with Crippen LogP contribution in [0.4, 0.5) is 0 Å². The molecule has 0 bridgehead atoms. The molecule has 0 aliphatic carbocycles. The van der Waals surface area contributed by atoms with E-state index in [9.17, 15) is 0 Å². The van der Waals surface area contributed by atoms with Gasteiger partial charge in [0.2, 0.25) is 0 Å². The van der Waals surface area contributed by atoms with Crippen LogP contribution >= 0.6 is 31.9 Å². The largest absolute Gasteiger partial charge is 0.490 e. The van der Waals surface area contributed by atoms with Gasteiger partial charge in [-0.2, -0.15) is 0 Å². The van der Waals surface area contributed by atoms with Crippen molar-refractivity contribution in [1.29, 1.82) is 0 Å². The third-order valence-electron chi connectivity index (χ3n) is 2.90. The van der Waals surface area contributed by atoms with Crippen molar-refractivity contribution in [3.8, 4) is 5.75 Å². The summed E-state index contributed by atoms with van der Waals surface area (Å²) in [6, 6.07) is 5.92. The van der Waals surface area contributed by atoms with Crippen LogP contribution in [-0.2, 0) is 4.74 Å². The molecule has 1 fully saturated rings. The van der Waals surface area contributed by atoms with E-state index in [1.807, 2.05) is 18.2 Å². The predicted molar refractivity (Wildman–Crippen MR) is 79.1 cm³/mol. The van der Waals surface area contributed by atoms with E-state index in [-0.39, 0.29) is 0 Å². The molecule has 18 heavy (non-hydrogen) atoms. The zero-order valence-electron chi connectivity index (χ0n) is 10.1. The van der Waals surface area contributed by atoms with Crippen LogP contribution in [0.1, 0.15) is 6.42 Å². The number of hydrogen-bond donors (Lipinski definition) is 1. The summed E-state index contributed by atoms with van der Waals surface area (Å²) in [5, 5.41) is 3.40. The Morgan fingerprint density at radius 3 is 2.78 bits per heavy atom. The summed E-state index contributed by atoms with van der Waals surface area (Å²) in [7, 11) is 0. The molecule has 0 amide bonds. The molecular weight excluding hydrogens is 362 g/mol. The standard InChI is InChI=1S/C13H17Br2NO2/c14-11-2-1-3-12(15)13(11)18-7-5-16-8-10-4-6-17-9-10/h1-3,10,16H,4-9H2. The molecule has 5 heteroatoms. The number of ether oxygens (including phenoxy) is 2. The Labute approximate surface area is 124 Å². The quantitative estimate of drug-likeness (QED) is 0.771. The first-order chi connectivity index (χ1) is 8.77. The Bertz CT molecular complexity index is 361. The van der Waals surface area contributed by atoms with Gasteiger partial charge in [-0.05, 0) is 56.3 Å². The number of nitrogens with one attached hydrogen (secondary N) is 1. The monoisotopic (exact) mass is 377 g/mol. The lowest BCUT2D eigenvalue weighted by Crippen LogP contribution is -2.27. The number of halogens is 2. The second kappa shape index (κ2) is 7.48. The van der Waals surface area contributed by atoms with Gasteiger partial charge < -0.3 is 14.8 Å². The van der Waals surface area contributed by atoms with Gasteiger partial charge in [-0.3, -0.25) is 0 Å². The second-order valence-corrected chi connectivity index (χ2v) is 6.04. The maximum Gasteiger partial charge on any atom is 0.147 e. The summed E-state index contributed by atoms with van der Waals surface area (Å²) < 4.78 is 13.0. The highest BCUT2D eigenvalue weighted by atomic mass is 79.9. The zero-order chi connectivity index (χ0) is 12.8. The van der Waals surface area contributed by atoms with Crippen LogP contribution in [0.3, 0.4) is 0 Å². The smallest absolute Gasteiger partial charge is 0.147 e. The highest BCUT2D eigenvalue weighted by Crippen LogP contribution is 2.32. The minimum atomic E-state index is 0.661. The Morgan fingerprint density at radius 1 is 1.33 bits per heavy atom. The minimum absolute atomic E-state index is 0.661. The molecule has 1 aromatic rings. The summed E-state index contributed by atoms with van der Waals surface area (Å²) in [6.07, 6.45) is 1.17. The summed E-state index contributed by atoms with van der Waals surface area (Å²) in [4.78, 5) is 0. The zero-order valence-corrected chi connectivity index (χ0v) is 13.3. The molecule has 100 valence electrons. The Kier molecular flexibility index (Phi) is 5.95. The summed E-state index contributed by atoms with van der Waals surface area (Å²) in [5.74, 6) is 1.53. The average molecular weight is 379 g/mol. The number of rotatable bonds is 6. The average Bonchev–Trinajstić information content (AvgIpc) is 2.85. The van der Waals surface area contributed by atoms with Gasteiger partial charge in [0.1, 0.15) is 12.4 Å². The van der Waals surface area contributed by atoms with Crippen LogP contribution in [-0.4, -0.2) is 32.9 Å². The summed E-state index contributed by atoms with van der Waals surface area (Å²) >= 11 is 6.96. The predicted octanol–water partition coefficient (Wildman–Crippen LogP) is 3.22. The number of para-hydroxylation sites is 1. The molecule has 0 spiro atoms. The molecule has 0 aromatic heterocycles. The van der Waals surface area contributed by atoms with Crippen molar-refractivity contribution in [2.45, 2.75) is 6.42 Å². The molecule has 1 atom stereocenters. The van der Waals surface area contributed by atoms with Gasteiger partial charge in [-0.25, -0.2) is 0 Å². The molecule has 1 heterocycles. The van der Waals surface area contributed by atoms with Gasteiger partial charge in [0.05, 0.1) is 15.6 Å². The second-order valence-electron chi connectivity index (χ2n) is 4.33. The molecule has 1 aliphatic heterocycles. The summed E-state index contributed by atoms with van der Waals surface area (Å²) in [6.45, 7) is 4.33. The lowest BCUT2D eigenvalue weighted by Gasteiger charge is -2.12. The molecule has 1 aliphatic rings. The van der Waals surface area contributed by atoms with Crippen LogP contribution < -0.4 is 10.1 Å². The third-order valence-corrected chi connectivity index (χ3v) is 4.15. The SMILES string of the molecule is Brc1cccc(Br)c1OCCNCC1CCOC1. The van der Waals surface area contributed by atoms with Gasteiger partial charge in [0.15, 0.2) is 0 Å². The van der Waals surface area contributed by atoms with Crippen molar-refractivity contribution >= 4 is 31.9 Å². The molecule has 2 rings (SSSR count). The lowest BCUT2D eigenvalue weighted by molar-refractivity contribution is 0.185. The van der Waals surface area contributed by atoms with Crippen molar-refractivity contribution in [1.82, 2.24) is 5.32 Å². The number of hydrogen-bond acceptors (Lipinski definition) is 3. The minimum Gasteiger partial charge on any atom is -0.490 e. The van der Waals surface area contributed by atoms with Gasteiger partial charge in [-0.1, -0.05) is 6.07 Å². The lowest BCUT2D eigenvalue weighted by atomic mass is 10.1. The first-order valence-corrected chi connectivity index (χ1v) is 7.71.